The number of hydrogen-bond donors (Lipinski definition) is 2. The van der Waals surface area contributed by atoms with Crippen molar-refractivity contribution >= 4 is 29.5 Å². The van der Waals surface area contributed by atoms with Crippen LogP contribution in [0.15, 0.2) is 53.4 Å². The highest BCUT2D eigenvalue weighted by atomic mass is 32.2. The predicted molar refractivity (Wildman–Crippen MR) is 95.3 cm³/mol. The van der Waals surface area contributed by atoms with E-state index in [2.05, 4.69) is 15.6 Å². The summed E-state index contributed by atoms with van der Waals surface area (Å²) >= 11 is 1.38. The number of nitrogens with one attached hydrogen (secondary N) is 2. The van der Waals surface area contributed by atoms with Crippen LogP contribution in [0, 0.1) is 6.92 Å². The van der Waals surface area contributed by atoms with Crippen LogP contribution in [0.3, 0.4) is 0 Å². The van der Waals surface area contributed by atoms with Crippen molar-refractivity contribution in [2.75, 3.05) is 12.9 Å². The van der Waals surface area contributed by atoms with Gasteiger partial charge in [-0.3, -0.25) is 20.4 Å². The Morgan fingerprint density at radius 3 is 2.12 bits per heavy atom. The summed E-state index contributed by atoms with van der Waals surface area (Å²) in [5.41, 5.74) is 6.51. The Kier molecular flexibility index (Phi) is 6.59. The lowest BCUT2D eigenvalue weighted by Gasteiger charge is -2.08. The minimum absolute atomic E-state index is 0.185. The molecule has 0 radical (unpaired) electrons. The minimum atomic E-state index is -0.478. The van der Waals surface area contributed by atoms with E-state index in [1.807, 2.05) is 31.2 Å². The molecule has 2 N–H and O–H groups in total. The lowest BCUT2D eigenvalue weighted by molar-refractivity contribution is -0.119. The van der Waals surface area contributed by atoms with Crippen molar-refractivity contribution in [2.24, 2.45) is 0 Å². The van der Waals surface area contributed by atoms with E-state index < -0.39 is 11.9 Å². The second kappa shape index (κ2) is 8.89. The Morgan fingerprint density at radius 1 is 0.920 bits per heavy atom. The Labute approximate surface area is 149 Å². The molecule has 0 aromatic heterocycles. The van der Waals surface area contributed by atoms with Gasteiger partial charge in [-0.15, -0.1) is 11.8 Å². The first-order valence-corrected chi connectivity index (χ1v) is 8.45. The van der Waals surface area contributed by atoms with Gasteiger partial charge in [0.25, 0.3) is 5.91 Å². The van der Waals surface area contributed by atoms with Crippen molar-refractivity contribution in [1.82, 2.24) is 10.9 Å². The lowest BCUT2D eigenvalue weighted by Crippen LogP contribution is -2.42. The molecular weight excluding hydrogens is 340 g/mol. The van der Waals surface area contributed by atoms with E-state index >= 15 is 0 Å². The number of hydrazine groups is 1. The van der Waals surface area contributed by atoms with Crippen molar-refractivity contribution in [2.45, 2.75) is 11.8 Å². The molecule has 2 aromatic carbocycles. The highest BCUT2D eigenvalue weighted by Gasteiger charge is 2.10. The third-order valence-electron chi connectivity index (χ3n) is 3.27. The number of thioether (sulfide) groups is 1. The quantitative estimate of drug-likeness (QED) is 0.487. The number of carbonyl (C=O) groups excluding carboxylic acids is 3. The molecule has 7 heteroatoms. The molecule has 0 heterocycles. The molecule has 0 aliphatic heterocycles. The van der Waals surface area contributed by atoms with Crippen LogP contribution in [0.5, 0.6) is 0 Å². The molecule has 0 saturated carbocycles. The number of rotatable bonds is 5. The van der Waals surface area contributed by atoms with E-state index in [1.165, 1.54) is 43.1 Å². The van der Waals surface area contributed by atoms with Gasteiger partial charge in [-0.25, -0.2) is 4.79 Å². The van der Waals surface area contributed by atoms with Gasteiger partial charge in [0.2, 0.25) is 5.91 Å². The van der Waals surface area contributed by atoms with Crippen LogP contribution in [-0.4, -0.2) is 30.6 Å². The summed E-state index contributed by atoms with van der Waals surface area (Å²) < 4.78 is 4.59. The highest BCUT2D eigenvalue weighted by Crippen LogP contribution is 2.17. The van der Waals surface area contributed by atoms with Crippen LogP contribution in [0.25, 0.3) is 0 Å². The molecule has 6 nitrogen and oxygen atoms in total. The zero-order chi connectivity index (χ0) is 18.2. The normalized spacial score (nSPS) is 10.0. The number of methoxy groups -OCH3 is 1. The number of amides is 2. The molecule has 0 spiro atoms. The van der Waals surface area contributed by atoms with Crippen LogP contribution >= 0.6 is 11.8 Å². The van der Waals surface area contributed by atoms with Gasteiger partial charge in [-0.05, 0) is 43.3 Å². The van der Waals surface area contributed by atoms with E-state index in [1.54, 1.807) is 0 Å². The van der Waals surface area contributed by atoms with Crippen molar-refractivity contribution in [3.63, 3.8) is 0 Å². The topological polar surface area (TPSA) is 84.5 Å². The second-order valence-electron chi connectivity index (χ2n) is 5.17. The van der Waals surface area contributed by atoms with Gasteiger partial charge >= 0.3 is 5.97 Å². The maximum Gasteiger partial charge on any atom is 0.337 e. The summed E-state index contributed by atoms with van der Waals surface area (Å²) in [7, 11) is 1.28. The van der Waals surface area contributed by atoms with E-state index in [9.17, 15) is 14.4 Å². The maximum atomic E-state index is 12.0. The van der Waals surface area contributed by atoms with Crippen LogP contribution in [-0.2, 0) is 9.53 Å². The van der Waals surface area contributed by atoms with Gasteiger partial charge in [-0.2, -0.15) is 0 Å². The van der Waals surface area contributed by atoms with Crippen molar-refractivity contribution < 1.29 is 19.1 Å². The molecule has 2 amide bonds. The summed E-state index contributed by atoms with van der Waals surface area (Å²) in [6, 6.07) is 13.7. The third kappa shape index (κ3) is 5.65. The number of ether oxygens (including phenoxy) is 1. The standard InChI is InChI=1S/C18H18N2O4S/c1-12-3-9-15(10-4-12)25-11-16(21)19-20-17(22)13-5-7-14(8-6-13)18(23)24-2/h3-10H,11H2,1-2H3,(H,19,21)(H,20,22). The Hall–Kier alpha value is -2.80. The molecule has 0 bridgehead atoms. The Bertz CT molecular complexity index is 758. The molecule has 0 saturated heterocycles. The SMILES string of the molecule is COC(=O)c1ccc(C(=O)NNC(=O)CSc2ccc(C)cc2)cc1. The average molecular weight is 358 g/mol. The van der Waals surface area contributed by atoms with Gasteiger partial charge in [0.1, 0.15) is 0 Å². The molecule has 0 unspecified atom stereocenters. The molecule has 0 aliphatic rings. The second-order valence-corrected chi connectivity index (χ2v) is 6.22. The molecule has 25 heavy (non-hydrogen) atoms. The number of benzene rings is 2. The molecule has 2 aromatic rings. The summed E-state index contributed by atoms with van der Waals surface area (Å²) in [6.07, 6.45) is 0. The van der Waals surface area contributed by atoms with Crippen LogP contribution in [0.1, 0.15) is 26.3 Å². The molecule has 0 aliphatic carbocycles. The van der Waals surface area contributed by atoms with Gasteiger partial charge in [0.15, 0.2) is 0 Å². The van der Waals surface area contributed by atoms with E-state index in [0.717, 1.165) is 10.5 Å². The molecule has 130 valence electrons. The predicted octanol–water partition coefficient (Wildman–Crippen LogP) is 2.33. The maximum absolute atomic E-state index is 12.0. The van der Waals surface area contributed by atoms with Crippen molar-refractivity contribution in [1.29, 1.82) is 0 Å². The fourth-order valence-corrected chi connectivity index (χ4v) is 2.59. The van der Waals surface area contributed by atoms with Gasteiger partial charge in [-0.1, -0.05) is 17.7 Å². The fraction of sp³-hybridized carbons (Fsp3) is 0.167. The lowest BCUT2D eigenvalue weighted by atomic mass is 10.1. The average Bonchev–Trinajstić information content (AvgIpc) is 2.65. The van der Waals surface area contributed by atoms with Crippen LogP contribution < -0.4 is 10.9 Å². The summed E-state index contributed by atoms with van der Waals surface area (Å²) in [5.74, 6) is -1.08. The third-order valence-corrected chi connectivity index (χ3v) is 4.29. The van der Waals surface area contributed by atoms with E-state index in [4.69, 9.17) is 0 Å². The van der Waals surface area contributed by atoms with Gasteiger partial charge < -0.3 is 4.74 Å². The molecule has 0 fully saturated rings. The summed E-state index contributed by atoms with van der Waals surface area (Å²) in [4.78, 5) is 36.1. The first-order chi connectivity index (χ1) is 12.0. The van der Waals surface area contributed by atoms with Crippen LogP contribution in [0.2, 0.25) is 0 Å². The van der Waals surface area contributed by atoms with E-state index in [-0.39, 0.29) is 11.7 Å². The number of carbonyl (C=O) groups is 3. The number of aryl methyl sites for hydroxylation is 1. The Morgan fingerprint density at radius 2 is 1.52 bits per heavy atom. The monoisotopic (exact) mass is 358 g/mol. The largest absolute Gasteiger partial charge is 0.465 e. The highest BCUT2D eigenvalue weighted by molar-refractivity contribution is 8.00. The van der Waals surface area contributed by atoms with Crippen molar-refractivity contribution in [3.8, 4) is 0 Å². The molecule has 2 rings (SSSR count). The number of esters is 1. The van der Waals surface area contributed by atoms with Crippen molar-refractivity contribution in [3.05, 3.63) is 65.2 Å². The fourth-order valence-electron chi connectivity index (χ4n) is 1.89. The van der Waals surface area contributed by atoms with Gasteiger partial charge in [0.05, 0.1) is 18.4 Å². The summed E-state index contributed by atoms with van der Waals surface area (Å²) in [6.45, 7) is 1.99. The minimum Gasteiger partial charge on any atom is -0.465 e. The van der Waals surface area contributed by atoms with Crippen LogP contribution in [0.4, 0.5) is 0 Å². The van der Waals surface area contributed by atoms with Gasteiger partial charge in [0, 0.05) is 10.5 Å². The zero-order valence-corrected chi connectivity index (χ0v) is 14.7. The number of hydrogen-bond acceptors (Lipinski definition) is 5. The van der Waals surface area contributed by atoms with E-state index in [0.29, 0.717) is 11.1 Å². The zero-order valence-electron chi connectivity index (χ0n) is 13.9. The first-order valence-electron chi connectivity index (χ1n) is 7.46. The first kappa shape index (κ1) is 18.5. The molecular formula is C18H18N2O4S. The Balaban J connectivity index is 1.79. The smallest absolute Gasteiger partial charge is 0.337 e. The molecule has 0 atom stereocenters. The summed E-state index contributed by atoms with van der Waals surface area (Å²) in [5, 5.41) is 0.